The molecule has 0 aliphatic carbocycles. The molecule has 6 heteroatoms. The van der Waals surface area contributed by atoms with Crippen molar-refractivity contribution in [1.29, 1.82) is 0 Å². The number of carbonyl (C=O) groups excluding carboxylic acids is 1. The average Bonchev–Trinajstić information content (AvgIpc) is 2.68. The Morgan fingerprint density at radius 3 is 2.40 bits per heavy atom. The number of aryl methyl sites for hydroxylation is 1. The topological polar surface area (TPSA) is 72.7 Å². The standard InChI is InChI=1S/C14H19N5O/c1-5-6-13(20)17-12-7-15-14(16-8-12)19-11(4)9(2)10(3)18-19/h7-8H,5-6H2,1-4H3,(H,17,20). The molecule has 6 nitrogen and oxygen atoms in total. The first-order chi connectivity index (χ1) is 9.52. The molecule has 0 aromatic carbocycles. The highest BCUT2D eigenvalue weighted by Crippen LogP contribution is 2.14. The van der Waals surface area contributed by atoms with E-state index in [4.69, 9.17) is 0 Å². The summed E-state index contributed by atoms with van der Waals surface area (Å²) in [5, 5.41) is 7.16. The van der Waals surface area contributed by atoms with Crippen molar-refractivity contribution in [2.45, 2.75) is 40.5 Å². The van der Waals surface area contributed by atoms with E-state index >= 15 is 0 Å². The third-order valence-corrected chi connectivity index (χ3v) is 3.24. The van der Waals surface area contributed by atoms with Gasteiger partial charge >= 0.3 is 0 Å². The molecule has 0 saturated heterocycles. The summed E-state index contributed by atoms with van der Waals surface area (Å²) in [5.41, 5.74) is 3.72. The van der Waals surface area contributed by atoms with Gasteiger partial charge in [-0.15, -0.1) is 0 Å². The van der Waals surface area contributed by atoms with E-state index in [0.717, 1.165) is 23.4 Å². The fraction of sp³-hybridized carbons (Fsp3) is 0.429. The highest BCUT2D eigenvalue weighted by Gasteiger charge is 2.11. The minimum Gasteiger partial charge on any atom is -0.323 e. The van der Waals surface area contributed by atoms with Gasteiger partial charge in [0.05, 0.1) is 23.8 Å². The molecule has 0 saturated carbocycles. The molecular weight excluding hydrogens is 254 g/mol. The van der Waals surface area contributed by atoms with Gasteiger partial charge in [0.1, 0.15) is 0 Å². The van der Waals surface area contributed by atoms with Crippen LogP contribution in [0.2, 0.25) is 0 Å². The number of hydrogen-bond acceptors (Lipinski definition) is 4. The third kappa shape index (κ3) is 2.84. The summed E-state index contributed by atoms with van der Waals surface area (Å²) in [6.45, 7) is 7.92. The van der Waals surface area contributed by atoms with Crippen LogP contribution in [-0.4, -0.2) is 25.7 Å². The number of nitrogens with one attached hydrogen (secondary N) is 1. The number of rotatable bonds is 4. The molecule has 0 aliphatic rings. The van der Waals surface area contributed by atoms with Crippen molar-refractivity contribution in [3.05, 3.63) is 29.3 Å². The van der Waals surface area contributed by atoms with Gasteiger partial charge in [0.25, 0.3) is 5.95 Å². The first-order valence-electron chi connectivity index (χ1n) is 6.68. The van der Waals surface area contributed by atoms with Crippen molar-refractivity contribution in [3.63, 3.8) is 0 Å². The molecule has 0 bridgehead atoms. The predicted octanol–water partition coefficient (Wildman–Crippen LogP) is 2.33. The highest BCUT2D eigenvalue weighted by molar-refractivity contribution is 5.90. The van der Waals surface area contributed by atoms with Gasteiger partial charge in [-0.3, -0.25) is 4.79 Å². The highest BCUT2D eigenvalue weighted by atomic mass is 16.1. The molecule has 2 rings (SSSR count). The maximum absolute atomic E-state index is 11.5. The van der Waals surface area contributed by atoms with Crippen LogP contribution in [-0.2, 0) is 4.79 Å². The lowest BCUT2D eigenvalue weighted by molar-refractivity contribution is -0.116. The lowest BCUT2D eigenvalue weighted by Gasteiger charge is -2.05. The van der Waals surface area contributed by atoms with Crippen molar-refractivity contribution in [3.8, 4) is 5.95 Å². The van der Waals surface area contributed by atoms with Crippen molar-refractivity contribution < 1.29 is 4.79 Å². The summed E-state index contributed by atoms with van der Waals surface area (Å²) in [7, 11) is 0. The van der Waals surface area contributed by atoms with Gasteiger partial charge < -0.3 is 5.32 Å². The number of aromatic nitrogens is 4. The van der Waals surface area contributed by atoms with E-state index < -0.39 is 0 Å². The van der Waals surface area contributed by atoms with Crippen LogP contribution in [0.25, 0.3) is 5.95 Å². The SMILES string of the molecule is CCCC(=O)Nc1cnc(-n2nc(C)c(C)c2C)nc1. The minimum absolute atomic E-state index is 0.0224. The summed E-state index contributed by atoms with van der Waals surface area (Å²) >= 11 is 0. The van der Waals surface area contributed by atoms with Crippen LogP contribution >= 0.6 is 0 Å². The Morgan fingerprint density at radius 2 is 1.90 bits per heavy atom. The maximum atomic E-state index is 11.5. The molecule has 20 heavy (non-hydrogen) atoms. The molecule has 2 aromatic heterocycles. The molecule has 1 amide bonds. The van der Waals surface area contributed by atoms with Gasteiger partial charge in [0.15, 0.2) is 0 Å². The van der Waals surface area contributed by atoms with Gasteiger partial charge in [-0.25, -0.2) is 14.6 Å². The third-order valence-electron chi connectivity index (χ3n) is 3.24. The summed E-state index contributed by atoms with van der Waals surface area (Å²) in [6, 6.07) is 0. The van der Waals surface area contributed by atoms with E-state index in [1.165, 1.54) is 0 Å². The Labute approximate surface area is 118 Å². The quantitative estimate of drug-likeness (QED) is 0.928. The largest absolute Gasteiger partial charge is 0.323 e. The Bertz CT molecular complexity index is 615. The van der Waals surface area contributed by atoms with Crippen molar-refractivity contribution >= 4 is 11.6 Å². The fourth-order valence-electron chi connectivity index (χ4n) is 1.86. The van der Waals surface area contributed by atoms with Gasteiger partial charge in [0.2, 0.25) is 5.91 Å². The zero-order valence-corrected chi connectivity index (χ0v) is 12.3. The lowest BCUT2D eigenvalue weighted by atomic mass is 10.2. The summed E-state index contributed by atoms with van der Waals surface area (Å²) in [5.74, 6) is 0.484. The van der Waals surface area contributed by atoms with Crippen LogP contribution in [0, 0.1) is 20.8 Å². The van der Waals surface area contributed by atoms with E-state index in [0.29, 0.717) is 18.1 Å². The van der Waals surface area contributed by atoms with Crippen molar-refractivity contribution in [1.82, 2.24) is 19.7 Å². The fourth-order valence-corrected chi connectivity index (χ4v) is 1.86. The Hall–Kier alpha value is -2.24. The van der Waals surface area contributed by atoms with E-state index in [9.17, 15) is 4.79 Å². The number of anilines is 1. The Kier molecular flexibility index (Phi) is 4.12. The zero-order chi connectivity index (χ0) is 14.7. The Morgan fingerprint density at radius 1 is 1.25 bits per heavy atom. The van der Waals surface area contributed by atoms with Crippen LogP contribution in [0.1, 0.15) is 36.7 Å². The van der Waals surface area contributed by atoms with E-state index in [-0.39, 0.29) is 5.91 Å². The summed E-state index contributed by atoms with van der Waals surface area (Å²) < 4.78 is 1.71. The first-order valence-corrected chi connectivity index (χ1v) is 6.68. The number of carbonyl (C=O) groups is 1. The molecule has 0 atom stereocenters. The van der Waals surface area contributed by atoms with Gasteiger partial charge in [0, 0.05) is 12.1 Å². The lowest BCUT2D eigenvalue weighted by Crippen LogP contribution is -2.12. The van der Waals surface area contributed by atoms with E-state index in [2.05, 4.69) is 20.4 Å². The Balaban J connectivity index is 2.19. The molecule has 0 unspecified atom stereocenters. The molecule has 2 aromatic rings. The van der Waals surface area contributed by atoms with Gasteiger partial charge in [-0.2, -0.15) is 5.10 Å². The van der Waals surface area contributed by atoms with Crippen LogP contribution in [0.3, 0.4) is 0 Å². The molecule has 106 valence electrons. The van der Waals surface area contributed by atoms with E-state index in [1.54, 1.807) is 17.1 Å². The second-order valence-electron chi connectivity index (χ2n) is 4.78. The van der Waals surface area contributed by atoms with E-state index in [1.807, 2.05) is 27.7 Å². The van der Waals surface area contributed by atoms with Gasteiger partial charge in [-0.1, -0.05) is 6.92 Å². The second kappa shape index (κ2) is 5.81. The van der Waals surface area contributed by atoms with Crippen LogP contribution in [0.4, 0.5) is 5.69 Å². The first kappa shape index (κ1) is 14.2. The predicted molar refractivity (Wildman–Crippen MR) is 76.9 cm³/mol. The molecular formula is C14H19N5O. The molecule has 0 radical (unpaired) electrons. The molecule has 2 heterocycles. The monoisotopic (exact) mass is 273 g/mol. The van der Waals surface area contributed by atoms with Crippen molar-refractivity contribution in [2.24, 2.45) is 0 Å². The number of hydrogen-bond donors (Lipinski definition) is 1. The molecule has 0 fully saturated rings. The zero-order valence-electron chi connectivity index (χ0n) is 12.3. The smallest absolute Gasteiger partial charge is 0.250 e. The number of nitrogens with zero attached hydrogens (tertiary/aromatic N) is 4. The summed E-state index contributed by atoms with van der Waals surface area (Å²) in [6.07, 6.45) is 4.51. The number of amides is 1. The minimum atomic E-state index is -0.0224. The molecule has 1 N–H and O–H groups in total. The molecule has 0 spiro atoms. The summed E-state index contributed by atoms with van der Waals surface area (Å²) in [4.78, 5) is 20.0. The maximum Gasteiger partial charge on any atom is 0.250 e. The molecule has 0 aliphatic heterocycles. The second-order valence-corrected chi connectivity index (χ2v) is 4.78. The normalized spacial score (nSPS) is 10.6. The van der Waals surface area contributed by atoms with Gasteiger partial charge in [-0.05, 0) is 32.8 Å². The van der Waals surface area contributed by atoms with Crippen LogP contribution in [0.15, 0.2) is 12.4 Å². The van der Waals surface area contributed by atoms with Crippen LogP contribution < -0.4 is 5.32 Å². The van der Waals surface area contributed by atoms with Crippen molar-refractivity contribution in [2.75, 3.05) is 5.32 Å². The van der Waals surface area contributed by atoms with Crippen LogP contribution in [0.5, 0.6) is 0 Å². The average molecular weight is 273 g/mol.